The van der Waals surface area contributed by atoms with Crippen LogP contribution < -0.4 is 4.74 Å². The quantitative estimate of drug-likeness (QED) is 0.208. The minimum atomic E-state index is -0.685. The van der Waals surface area contributed by atoms with Crippen LogP contribution in [0.2, 0.25) is 0 Å². The van der Waals surface area contributed by atoms with E-state index in [0.29, 0.717) is 24.5 Å². The number of nitrogens with zero attached hydrogens (tertiary/aromatic N) is 1. The molecule has 1 N–H and O–H groups in total. The van der Waals surface area contributed by atoms with Crippen molar-refractivity contribution in [2.45, 2.75) is 59.1 Å². The maximum Gasteiger partial charge on any atom is 0.295 e. The molecule has 1 aliphatic heterocycles. The summed E-state index contributed by atoms with van der Waals surface area (Å²) in [5.41, 5.74) is 2.31. The van der Waals surface area contributed by atoms with Gasteiger partial charge in [0.05, 0.1) is 30.9 Å². The number of hydrogen-bond acceptors (Lipinski definition) is 5. The van der Waals surface area contributed by atoms with Gasteiger partial charge in [0.25, 0.3) is 11.7 Å². The number of aryl methyl sites for hydroxylation is 1. The standard InChI is InChI=1S/C28H35NO5/c1-5-6-9-17-34-22-14-12-21(13-15-22)26(30)24-25(23-11-8-7-10-20(23)4)29(28(32)27(24)31)16-18-33-19(2)3/h7-8,10-15,19,25,30H,5-6,9,16-18H2,1-4H3/b26-24-. The average Bonchev–Trinajstić information content (AvgIpc) is 3.07. The Hall–Kier alpha value is -3.12. The molecule has 1 fully saturated rings. The first kappa shape index (κ1) is 25.5. The maximum absolute atomic E-state index is 13.1. The van der Waals surface area contributed by atoms with Gasteiger partial charge in [0.2, 0.25) is 0 Å². The molecule has 0 bridgehead atoms. The van der Waals surface area contributed by atoms with Crippen molar-refractivity contribution in [3.05, 3.63) is 70.8 Å². The molecule has 6 nitrogen and oxygen atoms in total. The molecule has 34 heavy (non-hydrogen) atoms. The van der Waals surface area contributed by atoms with Crippen molar-refractivity contribution in [2.75, 3.05) is 19.8 Å². The van der Waals surface area contributed by atoms with Gasteiger partial charge in [-0.3, -0.25) is 9.59 Å². The second-order valence-corrected chi connectivity index (χ2v) is 8.85. The average molecular weight is 466 g/mol. The van der Waals surface area contributed by atoms with E-state index in [0.717, 1.165) is 30.4 Å². The van der Waals surface area contributed by atoms with Crippen molar-refractivity contribution in [1.82, 2.24) is 4.90 Å². The Balaban J connectivity index is 1.95. The highest BCUT2D eigenvalue weighted by atomic mass is 16.5. The molecule has 1 unspecified atom stereocenters. The molecular weight excluding hydrogens is 430 g/mol. The zero-order valence-electron chi connectivity index (χ0n) is 20.5. The highest BCUT2D eigenvalue weighted by Crippen LogP contribution is 2.40. The van der Waals surface area contributed by atoms with E-state index in [9.17, 15) is 14.7 Å². The van der Waals surface area contributed by atoms with E-state index in [4.69, 9.17) is 9.47 Å². The summed E-state index contributed by atoms with van der Waals surface area (Å²) in [6, 6.07) is 13.9. The van der Waals surface area contributed by atoms with Crippen LogP contribution in [0.3, 0.4) is 0 Å². The molecule has 0 saturated carbocycles. The first-order valence-electron chi connectivity index (χ1n) is 12.0. The number of ketones is 1. The molecular formula is C28H35NO5. The van der Waals surface area contributed by atoms with Crippen LogP contribution in [0.15, 0.2) is 54.1 Å². The van der Waals surface area contributed by atoms with Crippen LogP contribution >= 0.6 is 0 Å². The van der Waals surface area contributed by atoms with Crippen molar-refractivity contribution in [3.63, 3.8) is 0 Å². The van der Waals surface area contributed by atoms with Crippen LogP contribution in [0.25, 0.3) is 5.76 Å². The summed E-state index contributed by atoms with van der Waals surface area (Å²) in [6.45, 7) is 9.11. The van der Waals surface area contributed by atoms with Gasteiger partial charge in [-0.1, -0.05) is 44.0 Å². The number of aliphatic hydroxyl groups excluding tert-OH is 1. The number of hydrogen-bond donors (Lipinski definition) is 1. The van der Waals surface area contributed by atoms with E-state index >= 15 is 0 Å². The summed E-state index contributed by atoms with van der Waals surface area (Å²) in [4.78, 5) is 27.6. The lowest BCUT2D eigenvalue weighted by Crippen LogP contribution is -2.33. The van der Waals surface area contributed by atoms with Gasteiger partial charge in [-0.15, -0.1) is 0 Å². The number of rotatable bonds is 11. The smallest absolute Gasteiger partial charge is 0.295 e. The third-order valence-corrected chi connectivity index (χ3v) is 5.95. The third kappa shape index (κ3) is 5.86. The number of carbonyl (C=O) groups is 2. The largest absolute Gasteiger partial charge is 0.507 e. The molecule has 1 heterocycles. The van der Waals surface area contributed by atoms with Crippen LogP contribution in [0.4, 0.5) is 0 Å². The van der Waals surface area contributed by atoms with E-state index in [-0.39, 0.29) is 24.0 Å². The van der Waals surface area contributed by atoms with E-state index in [1.807, 2.05) is 45.0 Å². The Morgan fingerprint density at radius 2 is 1.74 bits per heavy atom. The monoisotopic (exact) mass is 465 g/mol. The highest BCUT2D eigenvalue weighted by molar-refractivity contribution is 6.46. The molecule has 182 valence electrons. The zero-order chi connectivity index (χ0) is 24.7. The second kappa shape index (κ2) is 11.8. The summed E-state index contributed by atoms with van der Waals surface area (Å²) in [7, 11) is 0. The van der Waals surface area contributed by atoms with Crippen LogP contribution in [-0.4, -0.2) is 47.6 Å². The highest BCUT2D eigenvalue weighted by Gasteiger charge is 2.46. The van der Waals surface area contributed by atoms with Crippen LogP contribution in [-0.2, 0) is 14.3 Å². The van der Waals surface area contributed by atoms with Gasteiger partial charge in [0.1, 0.15) is 11.5 Å². The molecule has 3 rings (SSSR count). The van der Waals surface area contributed by atoms with E-state index in [2.05, 4.69) is 6.92 Å². The molecule has 0 aromatic heterocycles. The van der Waals surface area contributed by atoms with E-state index in [1.54, 1.807) is 24.3 Å². The van der Waals surface area contributed by atoms with Gasteiger partial charge in [0, 0.05) is 12.1 Å². The Labute approximate surface area is 202 Å². The molecule has 1 atom stereocenters. The van der Waals surface area contributed by atoms with Crippen molar-refractivity contribution in [3.8, 4) is 5.75 Å². The minimum absolute atomic E-state index is 0.0106. The summed E-state index contributed by atoms with van der Waals surface area (Å²) < 4.78 is 11.4. The van der Waals surface area contributed by atoms with Gasteiger partial charge >= 0.3 is 0 Å². The second-order valence-electron chi connectivity index (χ2n) is 8.85. The van der Waals surface area contributed by atoms with Crippen molar-refractivity contribution in [2.24, 2.45) is 0 Å². The van der Waals surface area contributed by atoms with Gasteiger partial charge < -0.3 is 19.5 Å². The van der Waals surface area contributed by atoms with Crippen LogP contribution in [0, 0.1) is 6.92 Å². The summed E-state index contributed by atoms with van der Waals surface area (Å²) >= 11 is 0. The number of ether oxygens (including phenoxy) is 2. The lowest BCUT2D eigenvalue weighted by molar-refractivity contribution is -0.140. The van der Waals surface area contributed by atoms with E-state index < -0.39 is 17.7 Å². The third-order valence-electron chi connectivity index (χ3n) is 5.95. The molecule has 2 aromatic carbocycles. The number of carbonyl (C=O) groups excluding carboxylic acids is 2. The summed E-state index contributed by atoms with van der Waals surface area (Å²) in [6.07, 6.45) is 3.23. The van der Waals surface area contributed by atoms with Crippen molar-refractivity contribution in [1.29, 1.82) is 0 Å². The molecule has 0 aliphatic carbocycles. The SMILES string of the molecule is CCCCCOc1ccc(/C(O)=C2/C(=O)C(=O)N(CCOC(C)C)C2c2ccccc2C)cc1. The Kier molecular flexibility index (Phi) is 8.88. The molecule has 1 aliphatic rings. The molecule has 1 amide bonds. The number of unbranched alkanes of at least 4 members (excludes halogenated alkanes) is 2. The Bertz CT molecular complexity index is 1030. The Morgan fingerprint density at radius 1 is 1.03 bits per heavy atom. The number of amides is 1. The van der Waals surface area contributed by atoms with E-state index in [1.165, 1.54) is 4.90 Å². The Morgan fingerprint density at radius 3 is 2.38 bits per heavy atom. The lowest BCUT2D eigenvalue weighted by Gasteiger charge is -2.26. The van der Waals surface area contributed by atoms with Gasteiger partial charge in [0.15, 0.2) is 0 Å². The number of Topliss-reactive ketones (excluding diaryl/α,β-unsaturated/α-hetero) is 1. The molecule has 1 saturated heterocycles. The molecule has 2 aromatic rings. The fraction of sp³-hybridized carbons (Fsp3) is 0.429. The lowest BCUT2D eigenvalue weighted by atomic mass is 9.92. The summed E-state index contributed by atoms with van der Waals surface area (Å²) in [5, 5.41) is 11.2. The number of aliphatic hydroxyl groups is 1. The number of likely N-dealkylation sites (tertiary alicyclic amines) is 1. The van der Waals surface area contributed by atoms with Crippen molar-refractivity contribution < 1.29 is 24.2 Å². The maximum atomic E-state index is 13.1. The fourth-order valence-corrected chi connectivity index (χ4v) is 4.12. The first-order valence-corrected chi connectivity index (χ1v) is 12.0. The van der Waals surface area contributed by atoms with Crippen molar-refractivity contribution >= 4 is 17.4 Å². The molecule has 6 heteroatoms. The fourth-order valence-electron chi connectivity index (χ4n) is 4.12. The van der Waals surface area contributed by atoms with Crippen LogP contribution in [0.5, 0.6) is 5.75 Å². The number of benzene rings is 2. The van der Waals surface area contributed by atoms with Gasteiger partial charge in [-0.05, 0) is 62.6 Å². The molecule has 0 radical (unpaired) electrons. The first-order chi connectivity index (χ1) is 16.3. The summed E-state index contributed by atoms with van der Waals surface area (Å²) in [5.74, 6) is -0.793. The predicted octanol–water partition coefficient (Wildman–Crippen LogP) is 5.41. The minimum Gasteiger partial charge on any atom is -0.507 e. The van der Waals surface area contributed by atoms with Gasteiger partial charge in [-0.2, -0.15) is 0 Å². The topological polar surface area (TPSA) is 76.1 Å². The predicted molar refractivity (Wildman–Crippen MR) is 133 cm³/mol. The molecule has 0 spiro atoms. The van der Waals surface area contributed by atoms with Gasteiger partial charge in [-0.25, -0.2) is 0 Å². The normalized spacial score (nSPS) is 17.6. The van der Waals surface area contributed by atoms with Crippen LogP contribution in [0.1, 0.15) is 62.8 Å². The zero-order valence-corrected chi connectivity index (χ0v) is 20.5.